The van der Waals surface area contributed by atoms with Crippen LogP contribution in [0, 0.1) is 11.6 Å². The molecule has 3 heterocycles. The molecule has 0 N–H and O–H groups in total. The minimum atomic E-state index is -0.759. The molecule has 0 bridgehead atoms. The minimum absolute atomic E-state index is 0.0358. The molecule has 5 aromatic rings. The number of halogens is 2. The first-order valence-corrected chi connectivity index (χ1v) is 9.40. The second-order valence-electron chi connectivity index (χ2n) is 6.85. The van der Waals surface area contributed by atoms with Crippen LogP contribution in [0.2, 0.25) is 0 Å². The van der Waals surface area contributed by atoms with Gasteiger partial charge in [-0.2, -0.15) is 4.98 Å². The summed E-state index contributed by atoms with van der Waals surface area (Å²) >= 11 is 0. The number of ether oxygens (including phenoxy) is 1. The molecule has 5 rings (SSSR count). The molecule has 0 aliphatic carbocycles. The number of hydrogen-bond acceptors (Lipinski definition) is 7. The SMILES string of the molecule is [B]c1cnc(-c2cccc(Cn3nnc4ncc(Oc5cc(F)cc(F)c5)nc43)c2)nc1. The quantitative estimate of drug-likeness (QED) is 0.398. The summed E-state index contributed by atoms with van der Waals surface area (Å²) in [7, 11) is 5.65. The van der Waals surface area contributed by atoms with Crippen LogP contribution in [-0.2, 0) is 6.54 Å². The van der Waals surface area contributed by atoms with E-state index in [2.05, 4.69) is 30.2 Å². The van der Waals surface area contributed by atoms with Crippen LogP contribution >= 0.6 is 0 Å². The van der Waals surface area contributed by atoms with Crippen molar-refractivity contribution in [3.05, 3.63) is 78.3 Å². The lowest BCUT2D eigenvalue weighted by molar-refractivity contribution is 0.450. The van der Waals surface area contributed by atoms with Gasteiger partial charge in [0.2, 0.25) is 17.2 Å². The van der Waals surface area contributed by atoms with Crippen LogP contribution in [0.5, 0.6) is 11.6 Å². The summed E-state index contributed by atoms with van der Waals surface area (Å²) in [4.78, 5) is 17.0. The molecule has 3 aromatic heterocycles. The van der Waals surface area contributed by atoms with Gasteiger partial charge in [0.25, 0.3) is 0 Å². The van der Waals surface area contributed by atoms with Crippen LogP contribution in [0.15, 0.2) is 61.1 Å². The van der Waals surface area contributed by atoms with E-state index in [0.29, 0.717) is 29.1 Å². The smallest absolute Gasteiger partial charge is 0.240 e. The highest BCUT2D eigenvalue weighted by Crippen LogP contribution is 2.23. The Kier molecular flexibility index (Phi) is 4.98. The zero-order chi connectivity index (χ0) is 22.1. The van der Waals surface area contributed by atoms with E-state index in [9.17, 15) is 8.78 Å². The van der Waals surface area contributed by atoms with Crippen molar-refractivity contribution in [1.29, 1.82) is 0 Å². The highest BCUT2D eigenvalue weighted by atomic mass is 19.1. The number of aromatic nitrogens is 7. The summed E-state index contributed by atoms with van der Waals surface area (Å²) in [6, 6.07) is 10.5. The first-order chi connectivity index (χ1) is 15.5. The maximum absolute atomic E-state index is 13.4. The third-order valence-corrected chi connectivity index (χ3v) is 4.45. The van der Waals surface area contributed by atoms with Crippen molar-refractivity contribution in [3.8, 4) is 23.0 Å². The lowest BCUT2D eigenvalue weighted by Gasteiger charge is -2.07. The van der Waals surface area contributed by atoms with Gasteiger partial charge in [-0.3, -0.25) is 0 Å². The van der Waals surface area contributed by atoms with E-state index in [1.807, 2.05) is 24.3 Å². The van der Waals surface area contributed by atoms with E-state index >= 15 is 0 Å². The predicted octanol–water partition coefficient (Wildman–Crippen LogP) is 2.59. The minimum Gasteiger partial charge on any atom is -0.437 e. The second-order valence-corrected chi connectivity index (χ2v) is 6.85. The van der Waals surface area contributed by atoms with Gasteiger partial charge in [0, 0.05) is 36.2 Å². The van der Waals surface area contributed by atoms with Gasteiger partial charge in [-0.15, -0.1) is 5.10 Å². The molecule has 32 heavy (non-hydrogen) atoms. The van der Waals surface area contributed by atoms with Gasteiger partial charge >= 0.3 is 0 Å². The molecule has 0 atom stereocenters. The van der Waals surface area contributed by atoms with E-state index in [4.69, 9.17) is 12.6 Å². The summed E-state index contributed by atoms with van der Waals surface area (Å²) in [5.41, 5.74) is 2.86. The van der Waals surface area contributed by atoms with Gasteiger partial charge in [0.15, 0.2) is 5.82 Å². The fourth-order valence-electron chi connectivity index (χ4n) is 3.07. The summed E-state index contributed by atoms with van der Waals surface area (Å²) in [5, 5.41) is 8.11. The maximum Gasteiger partial charge on any atom is 0.240 e. The van der Waals surface area contributed by atoms with Gasteiger partial charge in [-0.05, 0) is 11.6 Å². The highest BCUT2D eigenvalue weighted by molar-refractivity contribution is 6.31. The van der Waals surface area contributed by atoms with Crippen LogP contribution < -0.4 is 10.2 Å². The van der Waals surface area contributed by atoms with Crippen molar-refractivity contribution < 1.29 is 13.5 Å². The standard InChI is InChI=1S/C21H12BF2N7O/c22-14-8-25-19(26-9-14)13-3-1-2-12(4-13)11-31-21-20(29-30-31)27-10-18(28-21)32-17-6-15(23)5-16(24)7-17/h1-10H,11H2. The summed E-state index contributed by atoms with van der Waals surface area (Å²) in [5.74, 6) is -0.958. The molecule has 2 radical (unpaired) electrons. The van der Waals surface area contributed by atoms with Crippen LogP contribution in [0.1, 0.15) is 5.56 Å². The molecule has 0 saturated heterocycles. The predicted molar refractivity (Wildman–Crippen MR) is 112 cm³/mol. The molecule has 2 aromatic carbocycles. The fourth-order valence-corrected chi connectivity index (χ4v) is 3.07. The highest BCUT2D eigenvalue weighted by Gasteiger charge is 2.12. The Bertz CT molecular complexity index is 1410. The van der Waals surface area contributed by atoms with Crippen LogP contribution in [0.25, 0.3) is 22.7 Å². The van der Waals surface area contributed by atoms with Gasteiger partial charge in [-0.25, -0.2) is 28.4 Å². The van der Waals surface area contributed by atoms with Crippen molar-refractivity contribution >= 4 is 24.6 Å². The van der Waals surface area contributed by atoms with Crippen molar-refractivity contribution in [2.24, 2.45) is 0 Å². The average Bonchev–Trinajstić information content (AvgIpc) is 3.16. The number of rotatable bonds is 5. The van der Waals surface area contributed by atoms with Gasteiger partial charge in [0.05, 0.1) is 12.7 Å². The number of benzene rings is 2. The average molecular weight is 427 g/mol. The zero-order valence-electron chi connectivity index (χ0n) is 16.4. The first kappa shape index (κ1) is 19.7. The third-order valence-electron chi connectivity index (χ3n) is 4.45. The normalized spacial score (nSPS) is 11.1. The zero-order valence-corrected chi connectivity index (χ0v) is 16.4. The third kappa shape index (κ3) is 4.13. The van der Waals surface area contributed by atoms with E-state index in [0.717, 1.165) is 29.3 Å². The molecule has 0 amide bonds. The van der Waals surface area contributed by atoms with Crippen molar-refractivity contribution in [2.45, 2.75) is 6.54 Å². The van der Waals surface area contributed by atoms with E-state index in [1.54, 1.807) is 17.1 Å². The first-order valence-electron chi connectivity index (χ1n) is 9.40. The number of hydrogen-bond donors (Lipinski definition) is 0. The lowest BCUT2D eigenvalue weighted by atomic mass is 10.0. The number of fused-ring (bicyclic) bond motifs is 1. The Labute approximate surface area is 181 Å². The summed E-state index contributed by atoms with van der Waals surface area (Å²) in [6.45, 7) is 0.339. The topological polar surface area (TPSA) is 91.5 Å². The van der Waals surface area contributed by atoms with Gasteiger partial charge < -0.3 is 4.74 Å². The van der Waals surface area contributed by atoms with Crippen LogP contribution in [-0.4, -0.2) is 42.8 Å². The Hall–Kier alpha value is -4.28. The molecule has 11 heteroatoms. The molecule has 0 unspecified atom stereocenters. The van der Waals surface area contributed by atoms with Crippen molar-refractivity contribution in [2.75, 3.05) is 0 Å². The molecule has 0 spiro atoms. The maximum atomic E-state index is 13.4. The Morgan fingerprint density at radius 1 is 0.938 bits per heavy atom. The van der Waals surface area contributed by atoms with Gasteiger partial charge in [-0.1, -0.05) is 28.9 Å². The molecular formula is C21H12BF2N7O. The van der Waals surface area contributed by atoms with E-state index < -0.39 is 11.6 Å². The molecule has 0 aliphatic heterocycles. The Morgan fingerprint density at radius 2 is 1.72 bits per heavy atom. The van der Waals surface area contributed by atoms with E-state index in [-0.39, 0.29) is 11.6 Å². The lowest BCUT2D eigenvalue weighted by Crippen LogP contribution is -2.06. The molecule has 0 fully saturated rings. The molecular weight excluding hydrogens is 415 g/mol. The molecule has 8 nitrogen and oxygen atoms in total. The van der Waals surface area contributed by atoms with Crippen molar-refractivity contribution in [1.82, 2.24) is 34.9 Å². The monoisotopic (exact) mass is 427 g/mol. The second kappa shape index (κ2) is 8.10. The van der Waals surface area contributed by atoms with Crippen LogP contribution in [0.4, 0.5) is 8.78 Å². The van der Waals surface area contributed by atoms with E-state index in [1.165, 1.54) is 6.20 Å². The number of nitrogens with zero attached hydrogens (tertiary/aromatic N) is 7. The molecule has 154 valence electrons. The fraction of sp³-hybridized carbons (Fsp3) is 0.0476. The van der Waals surface area contributed by atoms with Crippen molar-refractivity contribution in [3.63, 3.8) is 0 Å². The van der Waals surface area contributed by atoms with Crippen LogP contribution in [0.3, 0.4) is 0 Å². The Morgan fingerprint density at radius 3 is 2.50 bits per heavy atom. The Balaban J connectivity index is 1.43. The largest absolute Gasteiger partial charge is 0.437 e. The summed E-state index contributed by atoms with van der Waals surface area (Å²) < 4.78 is 33.8. The van der Waals surface area contributed by atoms with Gasteiger partial charge in [0.1, 0.15) is 25.2 Å². The molecule has 0 saturated carbocycles. The molecule has 0 aliphatic rings. The summed E-state index contributed by atoms with van der Waals surface area (Å²) in [6.07, 6.45) is 4.40.